The van der Waals surface area contributed by atoms with Crippen molar-refractivity contribution in [3.8, 4) is 0 Å². The monoisotopic (exact) mass is 152 g/mol. The molecule has 0 aliphatic heterocycles. The van der Waals surface area contributed by atoms with Crippen LogP contribution in [0.5, 0.6) is 0 Å². The fourth-order valence-corrected chi connectivity index (χ4v) is 2.73. The third kappa shape index (κ3) is 0.932. The summed E-state index contributed by atoms with van der Waals surface area (Å²) in [6, 6.07) is 0. The van der Waals surface area contributed by atoms with Gasteiger partial charge in [-0.2, -0.15) is 0 Å². The molecule has 0 radical (unpaired) electrons. The molecule has 11 heavy (non-hydrogen) atoms. The summed E-state index contributed by atoms with van der Waals surface area (Å²) >= 11 is 0. The van der Waals surface area contributed by atoms with Gasteiger partial charge in [0.15, 0.2) is 0 Å². The van der Waals surface area contributed by atoms with E-state index in [1.807, 2.05) is 0 Å². The number of hydrogen-bond donors (Lipinski definition) is 2. The lowest BCUT2D eigenvalue weighted by Crippen LogP contribution is -2.17. The first-order chi connectivity index (χ1) is 5.36. The molecule has 0 aromatic rings. The molecule has 1 saturated carbocycles. The van der Waals surface area contributed by atoms with Gasteiger partial charge in [0, 0.05) is 13.1 Å². The highest BCUT2D eigenvalue weighted by atomic mass is 14.6. The van der Waals surface area contributed by atoms with Crippen LogP contribution in [0, 0.1) is 11.8 Å². The molecular formula is C9H16N2. The molecule has 0 spiro atoms. The van der Waals surface area contributed by atoms with E-state index in [1.165, 1.54) is 30.4 Å². The van der Waals surface area contributed by atoms with Crippen molar-refractivity contribution in [2.75, 3.05) is 13.1 Å². The second-order valence-electron chi connectivity index (χ2n) is 3.67. The van der Waals surface area contributed by atoms with Crippen LogP contribution in [0.25, 0.3) is 0 Å². The summed E-state index contributed by atoms with van der Waals surface area (Å²) in [6.07, 6.45) is 4.07. The maximum Gasteiger partial charge on any atom is 0.0142 e. The van der Waals surface area contributed by atoms with Crippen molar-refractivity contribution in [1.82, 2.24) is 0 Å². The van der Waals surface area contributed by atoms with Crippen LogP contribution in [0.3, 0.4) is 0 Å². The third-order valence-corrected chi connectivity index (χ3v) is 3.27. The molecule has 0 saturated heterocycles. The first-order valence-corrected chi connectivity index (χ1v) is 4.48. The molecule has 2 nitrogen and oxygen atoms in total. The van der Waals surface area contributed by atoms with E-state index in [9.17, 15) is 0 Å². The van der Waals surface area contributed by atoms with Crippen LogP contribution in [-0.4, -0.2) is 13.1 Å². The number of nitrogens with two attached hydrogens (primary N) is 2. The molecule has 2 rings (SSSR count). The van der Waals surface area contributed by atoms with Gasteiger partial charge in [-0.25, -0.2) is 0 Å². The predicted molar refractivity (Wildman–Crippen MR) is 46.0 cm³/mol. The lowest BCUT2D eigenvalue weighted by Gasteiger charge is -2.17. The summed E-state index contributed by atoms with van der Waals surface area (Å²) in [5.74, 6) is 1.62. The molecule has 0 aromatic heterocycles. The van der Waals surface area contributed by atoms with Gasteiger partial charge in [0.1, 0.15) is 0 Å². The van der Waals surface area contributed by atoms with Gasteiger partial charge in [0.05, 0.1) is 0 Å². The van der Waals surface area contributed by atoms with Crippen LogP contribution in [-0.2, 0) is 0 Å². The summed E-state index contributed by atoms with van der Waals surface area (Å²) < 4.78 is 0. The minimum Gasteiger partial charge on any atom is -0.327 e. The number of hydrogen-bond acceptors (Lipinski definition) is 2. The maximum absolute atomic E-state index is 5.67. The van der Waals surface area contributed by atoms with Crippen LogP contribution in [0.2, 0.25) is 0 Å². The Kier molecular flexibility index (Phi) is 1.74. The highest BCUT2D eigenvalue weighted by molar-refractivity contribution is 5.30. The summed E-state index contributed by atoms with van der Waals surface area (Å²) in [4.78, 5) is 0. The van der Waals surface area contributed by atoms with Gasteiger partial charge in [0.2, 0.25) is 0 Å². The zero-order chi connectivity index (χ0) is 7.84. The summed E-state index contributed by atoms with van der Waals surface area (Å²) in [5, 5.41) is 0. The second kappa shape index (κ2) is 2.61. The van der Waals surface area contributed by atoms with Crippen molar-refractivity contribution in [3.05, 3.63) is 11.1 Å². The zero-order valence-corrected chi connectivity index (χ0v) is 6.84. The Morgan fingerprint density at radius 3 is 1.82 bits per heavy atom. The van der Waals surface area contributed by atoms with Crippen molar-refractivity contribution in [3.63, 3.8) is 0 Å². The quantitative estimate of drug-likeness (QED) is 0.570. The Labute approximate surface area is 67.6 Å². The van der Waals surface area contributed by atoms with Gasteiger partial charge in [-0.15, -0.1) is 0 Å². The number of rotatable bonds is 2. The minimum atomic E-state index is 0.744. The van der Waals surface area contributed by atoms with E-state index < -0.39 is 0 Å². The smallest absolute Gasteiger partial charge is 0.0142 e. The molecule has 2 atom stereocenters. The van der Waals surface area contributed by atoms with E-state index in [4.69, 9.17) is 11.5 Å². The van der Waals surface area contributed by atoms with Gasteiger partial charge >= 0.3 is 0 Å². The standard InChI is InChI=1S/C9H16N2/c10-4-8-6-1-2-7(3-6)9(8)5-11/h6-7H,1-5,10-11H2. The van der Waals surface area contributed by atoms with E-state index in [0.29, 0.717) is 0 Å². The van der Waals surface area contributed by atoms with Gasteiger partial charge in [0.25, 0.3) is 0 Å². The van der Waals surface area contributed by atoms with E-state index in [1.54, 1.807) is 0 Å². The molecule has 4 N–H and O–H groups in total. The van der Waals surface area contributed by atoms with Crippen LogP contribution < -0.4 is 11.5 Å². The van der Waals surface area contributed by atoms with Crippen LogP contribution in [0.4, 0.5) is 0 Å². The fraction of sp³-hybridized carbons (Fsp3) is 0.778. The predicted octanol–water partition coefficient (Wildman–Crippen LogP) is 0.630. The van der Waals surface area contributed by atoms with Crippen molar-refractivity contribution < 1.29 is 0 Å². The van der Waals surface area contributed by atoms with Gasteiger partial charge < -0.3 is 11.5 Å². The molecule has 0 amide bonds. The minimum absolute atomic E-state index is 0.744. The Bertz CT molecular complexity index is 176. The highest BCUT2D eigenvalue weighted by Crippen LogP contribution is 2.47. The molecule has 2 heteroatoms. The molecule has 2 bridgehead atoms. The topological polar surface area (TPSA) is 52.0 Å². The Morgan fingerprint density at radius 1 is 1.00 bits per heavy atom. The van der Waals surface area contributed by atoms with Gasteiger partial charge in [-0.3, -0.25) is 0 Å². The molecule has 2 unspecified atom stereocenters. The van der Waals surface area contributed by atoms with Crippen LogP contribution in [0.15, 0.2) is 11.1 Å². The van der Waals surface area contributed by atoms with Crippen molar-refractivity contribution in [2.24, 2.45) is 23.3 Å². The molecule has 0 heterocycles. The second-order valence-corrected chi connectivity index (χ2v) is 3.67. The number of fused-ring (bicyclic) bond motifs is 2. The summed E-state index contributed by atoms with van der Waals surface area (Å²) in [6.45, 7) is 1.49. The third-order valence-electron chi connectivity index (χ3n) is 3.27. The average Bonchev–Trinajstić information content (AvgIpc) is 2.60. The molecule has 2 aliphatic rings. The molecule has 1 fully saturated rings. The van der Waals surface area contributed by atoms with E-state index in [0.717, 1.165) is 24.9 Å². The average molecular weight is 152 g/mol. The van der Waals surface area contributed by atoms with Crippen LogP contribution >= 0.6 is 0 Å². The molecular weight excluding hydrogens is 136 g/mol. The maximum atomic E-state index is 5.67. The first kappa shape index (κ1) is 7.32. The Hall–Kier alpha value is -0.340. The summed E-state index contributed by atoms with van der Waals surface area (Å²) in [7, 11) is 0. The summed E-state index contributed by atoms with van der Waals surface area (Å²) in [5.41, 5.74) is 14.3. The van der Waals surface area contributed by atoms with Crippen molar-refractivity contribution in [1.29, 1.82) is 0 Å². The zero-order valence-electron chi connectivity index (χ0n) is 6.84. The normalized spacial score (nSPS) is 35.5. The molecule has 2 aliphatic carbocycles. The van der Waals surface area contributed by atoms with Gasteiger partial charge in [-0.1, -0.05) is 11.1 Å². The van der Waals surface area contributed by atoms with Crippen molar-refractivity contribution in [2.45, 2.75) is 19.3 Å². The Morgan fingerprint density at radius 2 is 1.45 bits per heavy atom. The lowest BCUT2D eigenvalue weighted by molar-refractivity contribution is 0.630. The van der Waals surface area contributed by atoms with Gasteiger partial charge in [-0.05, 0) is 31.1 Å². The fourth-order valence-electron chi connectivity index (χ4n) is 2.73. The Balaban J connectivity index is 2.27. The van der Waals surface area contributed by atoms with Crippen molar-refractivity contribution >= 4 is 0 Å². The van der Waals surface area contributed by atoms with E-state index in [-0.39, 0.29) is 0 Å². The lowest BCUT2D eigenvalue weighted by atomic mass is 9.92. The first-order valence-electron chi connectivity index (χ1n) is 4.48. The molecule has 62 valence electrons. The SMILES string of the molecule is NCC1=C(CN)C2CCC1C2. The largest absolute Gasteiger partial charge is 0.327 e. The van der Waals surface area contributed by atoms with Crippen LogP contribution in [0.1, 0.15) is 19.3 Å². The highest BCUT2D eigenvalue weighted by Gasteiger charge is 2.37. The van der Waals surface area contributed by atoms with E-state index >= 15 is 0 Å². The molecule has 0 aromatic carbocycles. The van der Waals surface area contributed by atoms with E-state index in [2.05, 4.69) is 0 Å².